The minimum atomic E-state index is -0.524. The summed E-state index contributed by atoms with van der Waals surface area (Å²) in [5.41, 5.74) is 5.92. The van der Waals surface area contributed by atoms with E-state index in [1.54, 1.807) is 0 Å². The van der Waals surface area contributed by atoms with Crippen molar-refractivity contribution in [2.75, 3.05) is 0 Å². The van der Waals surface area contributed by atoms with Crippen LogP contribution in [0.1, 0.15) is 31.9 Å². The number of halogens is 3. The number of rotatable bonds is 3. The quantitative estimate of drug-likeness (QED) is 0.878. The second-order valence-electron chi connectivity index (χ2n) is 4.03. The highest BCUT2D eigenvalue weighted by molar-refractivity contribution is 6.32. The SMILES string of the molecule is CC(C)C[C@@H](N)c1c(F)ccc(Cl)c1O.Cl. The molecular formula is C11H16Cl2FNO. The molecule has 0 radical (unpaired) electrons. The molecule has 0 fully saturated rings. The fourth-order valence-electron chi connectivity index (χ4n) is 1.54. The van der Waals surface area contributed by atoms with Crippen LogP contribution in [0.3, 0.4) is 0 Å². The summed E-state index contributed by atoms with van der Waals surface area (Å²) in [6.07, 6.45) is 0.602. The van der Waals surface area contributed by atoms with E-state index >= 15 is 0 Å². The molecule has 0 unspecified atom stereocenters. The van der Waals surface area contributed by atoms with Crippen molar-refractivity contribution in [1.29, 1.82) is 0 Å². The van der Waals surface area contributed by atoms with Crippen LogP contribution in [-0.2, 0) is 0 Å². The van der Waals surface area contributed by atoms with E-state index in [9.17, 15) is 9.50 Å². The molecule has 0 heterocycles. The average Bonchev–Trinajstić information content (AvgIpc) is 2.11. The summed E-state index contributed by atoms with van der Waals surface area (Å²) in [5, 5.41) is 9.74. The van der Waals surface area contributed by atoms with Gasteiger partial charge in [0.1, 0.15) is 11.6 Å². The number of hydrogen-bond acceptors (Lipinski definition) is 2. The van der Waals surface area contributed by atoms with Crippen LogP contribution in [0.15, 0.2) is 12.1 Å². The lowest BCUT2D eigenvalue weighted by molar-refractivity contribution is 0.430. The fourth-order valence-corrected chi connectivity index (χ4v) is 1.70. The van der Waals surface area contributed by atoms with E-state index in [-0.39, 0.29) is 28.7 Å². The Morgan fingerprint density at radius 3 is 2.50 bits per heavy atom. The lowest BCUT2D eigenvalue weighted by Crippen LogP contribution is -2.14. The Balaban J connectivity index is 0.00000225. The molecule has 1 aromatic carbocycles. The van der Waals surface area contributed by atoms with Gasteiger partial charge in [-0.15, -0.1) is 12.4 Å². The molecule has 1 aromatic rings. The van der Waals surface area contributed by atoms with Gasteiger partial charge in [-0.1, -0.05) is 25.4 Å². The summed E-state index contributed by atoms with van der Waals surface area (Å²) in [5.74, 6) is -0.423. The number of phenols is 1. The smallest absolute Gasteiger partial charge is 0.141 e. The van der Waals surface area contributed by atoms with Crippen LogP contribution in [0.2, 0.25) is 5.02 Å². The van der Waals surface area contributed by atoms with E-state index < -0.39 is 11.9 Å². The molecule has 0 aliphatic rings. The topological polar surface area (TPSA) is 46.2 Å². The molecule has 0 amide bonds. The second kappa shape index (κ2) is 6.28. The van der Waals surface area contributed by atoms with Gasteiger partial charge in [-0.05, 0) is 24.5 Å². The highest BCUT2D eigenvalue weighted by Gasteiger charge is 2.19. The largest absolute Gasteiger partial charge is 0.506 e. The zero-order chi connectivity index (χ0) is 11.6. The van der Waals surface area contributed by atoms with Crippen LogP contribution in [0.5, 0.6) is 5.75 Å². The van der Waals surface area contributed by atoms with Crippen LogP contribution < -0.4 is 5.73 Å². The molecule has 16 heavy (non-hydrogen) atoms. The third-order valence-corrected chi connectivity index (χ3v) is 2.52. The van der Waals surface area contributed by atoms with Crippen LogP contribution in [0.4, 0.5) is 4.39 Å². The molecule has 0 saturated carbocycles. The highest BCUT2D eigenvalue weighted by atomic mass is 35.5. The molecule has 0 spiro atoms. The molecule has 0 aromatic heterocycles. The third kappa shape index (κ3) is 3.51. The average molecular weight is 268 g/mol. The van der Waals surface area contributed by atoms with Gasteiger partial charge < -0.3 is 10.8 Å². The van der Waals surface area contributed by atoms with Crippen molar-refractivity contribution in [2.45, 2.75) is 26.3 Å². The van der Waals surface area contributed by atoms with Gasteiger partial charge in [-0.25, -0.2) is 4.39 Å². The van der Waals surface area contributed by atoms with E-state index in [4.69, 9.17) is 17.3 Å². The Bertz CT molecular complexity index is 358. The van der Waals surface area contributed by atoms with Gasteiger partial charge in [0, 0.05) is 11.6 Å². The van der Waals surface area contributed by atoms with Crippen molar-refractivity contribution in [3.63, 3.8) is 0 Å². The molecule has 3 N–H and O–H groups in total. The first-order valence-electron chi connectivity index (χ1n) is 4.86. The Morgan fingerprint density at radius 1 is 1.44 bits per heavy atom. The Morgan fingerprint density at radius 2 is 2.00 bits per heavy atom. The van der Waals surface area contributed by atoms with Gasteiger partial charge in [-0.2, -0.15) is 0 Å². The van der Waals surface area contributed by atoms with Gasteiger partial charge in [0.25, 0.3) is 0 Å². The maximum Gasteiger partial charge on any atom is 0.141 e. The minimum Gasteiger partial charge on any atom is -0.506 e. The summed E-state index contributed by atoms with van der Waals surface area (Å²) in [4.78, 5) is 0. The van der Waals surface area contributed by atoms with Crippen molar-refractivity contribution in [1.82, 2.24) is 0 Å². The molecule has 0 saturated heterocycles. The Labute approximate surface area is 106 Å². The van der Waals surface area contributed by atoms with Gasteiger partial charge in [-0.3, -0.25) is 0 Å². The van der Waals surface area contributed by atoms with E-state index in [1.807, 2.05) is 13.8 Å². The minimum absolute atomic E-state index is 0. The van der Waals surface area contributed by atoms with Crippen LogP contribution in [-0.4, -0.2) is 5.11 Å². The van der Waals surface area contributed by atoms with E-state index in [1.165, 1.54) is 12.1 Å². The monoisotopic (exact) mass is 267 g/mol. The predicted octanol–water partition coefficient (Wildman–Crippen LogP) is 3.65. The number of nitrogens with two attached hydrogens (primary N) is 1. The van der Waals surface area contributed by atoms with E-state index in [0.717, 1.165) is 0 Å². The first-order chi connectivity index (χ1) is 6.93. The predicted molar refractivity (Wildman–Crippen MR) is 66.7 cm³/mol. The highest BCUT2D eigenvalue weighted by Crippen LogP contribution is 2.34. The second-order valence-corrected chi connectivity index (χ2v) is 4.43. The maximum absolute atomic E-state index is 13.4. The van der Waals surface area contributed by atoms with Crippen LogP contribution in [0.25, 0.3) is 0 Å². The van der Waals surface area contributed by atoms with Crippen LogP contribution >= 0.6 is 24.0 Å². The number of aromatic hydroxyl groups is 1. The maximum atomic E-state index is 13.4. The molecule has 5 heteroatoms. The van der Waals surface area contributed by atoms with Crippen molar-refractivity contribution in [3.05, 3.63) is 28.5 Å². The molecule has 1 rings (SSSR count). The fraction of sp³-hybridized carbons (Fsp3) is 0.455. The molecule has 0 aliphatic heterocycles. The Hall–Kier alpha value is -0.510. The van der Waals surface area contributed by atoms with E-state index in [2.05, 4.69) is 0 Å². The lowest BCUT2D eigenvalue weighted by Gasteiger charge is -2.17. The van der Waals surface area contributed by atoms with Crippen LogP contribution in [0, 0.1) is 11.7 Å². The molecular weight excluding hydrogens is 252 g/mol. The number of hydrogen-bond donors (Lipinski definition) is 2. The van der Waals surface area contributed by atoms with Gasteiger partial charge >= 0.3 is 0 Å². The third-order valence-electron chi connectivity index (χ3n) is 2.21. The first kappa shape index (κ1) is 15.5. The van der Waals surface area contributed by atoms with Crippen molar-refractivity contribution >= 4 is 24.0 Å². The lowest BCUT2D eigenvalue weighted by atomic mass is 9.97. The normalized spacial score (nSPS) is 12.4. The molecule has 0 bridgehead atoms. The summed E-state index contributed by atoms with van der Waals surface area (Å²) < 4.78 is 13.4. The van der Waals surface area contributed by atoms with E-state index in [0.29, 0.717) is 12.3 Å². The number of phenolic OH excluding ortho intramolecular Hbond substituents is 1. The van der Waals surface area contributed by atoms with Gasteiger partial charge in [0.2, 0.25) is 0 Å². The summed E-state index contributed by atoms with van der Waals surface area (Å²) in [6.45, 7) is 3.97. The number of benzene rings is 1. The molecule has 1 atom stereocenters. The van der Waals surface area contributed by atoms with Crippen molar-refractivity contribution in [2.24, 2.45) is 11.7 Å². The van der Waals surface area contributed by atoms with Crippen molar-refractivity contribution in [3.8, 4) is 5.75 Å². The molecule has 2 nitrogen and oxygen atoms in total. The summed E-state index contributed by atoms with van der Waals surface area (Å²) >= 11 is 5.69. The molecule has 92 valence electrons. The van der Waals surface area contributed by atoms with Crippen molar-refractivity contribution < 1.29 is 9.50 Å². The van der Waals surface area contributed by atoms with Gasteiger partial charge in [0.05, 0.1) is 5.02 Å². The summed E-state index contributed by atoms with van der Waals surface area (Å²) in [7, 11) is 0. The standard InChI is InChI=1S/C11H15ClFNO.ClH/c1-6(2)5-9(14)10-8(13)4-3-7(12)11(10)15;/h3-4,6,9,15H,5,14H2,1-2H3;1H/t9-;/m1./s1. The first-order valence-corrected chi connectivity index (χ1v) is 5.23. The summed E-state index contributed by atoms with van der Waals surface area (Å²) in [6, 6.07) is 2.01. The van der Waals surface area contributed by atoms with Gasteiger partial charge in [0.15, 0.2) is 0 Å². The zero-order valence-corrected chi connectivity index (χ0v) is 10.8. The zero-order valence-electron chi connectivity index (χ0n) is 9.21. The Kier molecular flexibility index (Phi) is 6.08. The molecule has 0 aliphatic carbocycles.